The van der Waals surface area contributed by atoms with Crippen molar-refractivity contribution in [3.8, 4) is 11.5 Å². The van der Waals surface area contributed by atoms with E-state index in [1.165, 1.54) is 4.57 Å². The van der Waals surface area contributed by atoms with Crippen molar-refractivity contribution in [2.75, 3.05) is 19.1 Å². The molecule has 0 saturated heterocycles. The summed E-state index contributed by atoms with van der Waals surface area (Å²) in [5.41, 5.74) is 3.64. The Morgan fingerprint density at radius 3 is 1.93 bits per heavy atom. The molecule has 9 nitrogen and oxygen atoms in total. The summed E-state index contributed by atoms with van der Waals surface area (Å²) < 4.78 is 14.3. The molecule has 0 saturated carbocycles. The molecular weight excluding hydrogens is 636 g/mol. The monoisotopic (exact) mass is 666 g/mol. The molecule has 10 heteroatoms. The number of hydrogen-bond donors (Lipinski definition) is 0. The number of anilines is 1. The van der Waals surface area contributed by atoms with Crippen LogP contribution in [-0.4, -0.2) is 29.2 Å². The van der Waals surface area contributed by atoms with Crippen LogP contribution in [0.5, 0.6) is 11.5 Å². The van der Waals surface area contributed by atoms with E-state index >= 15 is 0 Å². The minimum absolute atomic E-state index is 0.0623. The van der Waals surface area contributed by atoms with E-state index in [2.05, 4.69) is 21.1 Å². The molecule has 0 amide bonds. The third kappa shape index (κ3) is 6.28. The molecule has 0 spiro atoms. The lowest BCUT2D eigenvalue weighted by Crippen LogP contribution is -2.45. The van der Waals surface area contributed by atoms with Crippen molar-refractivity contribution < 1.29 is 14.3 Å². The molecule has 1 atom stereocenters. The number of nitrogens with zero attached hydrogens (tertiary/aromatic N) is 4. The molecule has 0 N–H and O–H groups in total. The first-order chi connectivity index (χ1) is 21.8. The number of ether oxygens (including phenoxy) is 2. The highest BCUT2D eigenvalue weighted by Gasteiger charge is 2.36. The maximum Gasteiger partial charge on any atom is 0.331 e. The molecule has 4 aromatic carbocycles. The van der Waals surface area contributed by atoms with E-state index in [0.717, 1.165) is 32.3 Å². The minimum Gasteiger partial charge on any atom is -0.497 e. The van der Waals surface area contributed by atoms with Gasteiger partial charge < -0.3 is 14.3 Å². The van der Waals surface area contributed by atoms with Gasteiger partial charge in [0, 0.05) is 21.8 Å². The predicted octanol–water partition coefficient (Wildman–Crippen LogP) is 6.09. The number of methoxy groups -OCH3 is 2. The molecule has 2 heterocycles. The molecule has 1 unspecified atom stereocenters. The van der Waals surface area contributed by atoms with Crippen molar-refractivity contribution in [3.05, 3.63) is 156 Å². The van der Waals surface area contributed by atoms with Gasteiger partial charge in [0.2, 0.25) is 6.23 Å². The lowest BCUT2D eigenvalue weighted by atomic mass is 10.1. The highest BCUT2D eigenvalue weighted by molar-refractivity contribution is 9.10. The second-order valence-electron chi connectivity index (χ2n) is 10.7. The van der Waals surface area contributed by atoms with Gasteiger partial charge in [-0.1, -0.05) is 87.3 Å². The summed E-state index contributed by atoms with van der Waals surface area (Å²) >= 11 is 3.50. The third-order valence-corrected chi connectivity index (χ3v) is 8.19. The molecule has 5 aromatic rings. The Morgan fingerprint density at radius 2 is 1.36 bits per heavy atom. The van der Waals surface area contributed by atoms with Crippen molar-refractivity contribution in [2.45, 2.75) is 26.2 Å². The van der Waals surface area contributed by atoms with Crippen molar-refractivity contribution in [3.63, 3.8) is 0 Å². The molecule has 0 bridgehead atoms. The number of benzene rings is 4. The minimum atomic E-state index is -0.747. The zero-order chi connectivity index (χ0) is 31.5. The second kappa shape index (κ2) is 12.9. The van der Waals surface area contributed by atoms with E-state index < -0.39 is 17.5 Å². The van der Waals surface area contributed by atoms with E-state index in [-0.39, 0.29) is 18.8 Å². The van der Waals surface area contributed by atoms with Gasteiger partial charge in [0.1, 0.15) is 17.2 Å². The quantitative estimate of drug-likeness (QED) is 0.189. The maximum atomic E-state index is 14.4. The van der Waals surface area contributed by atoms with Gasteiger partial charge >= 0.3 is 5.69 Å². The molecule has 1 aromatic heterocycles. The molecule has 0 radical (unpaired) electrons. The number of aryl methyl sites for hydroxylation is 1. The highest BCUT2D eigenvalue weighted by atomic mass is 79.9. The summed E-state index contributed by atoms with van der Waals surface area (Å²) in [4.78, 5) is 36.2. The third-order valence-electron chi connectivity index (χ3n) is 7.66. The molecule has 228 valence electrons. The van der Waals surface area contributed by atoms with Crippen LogP contribution < -0.4 is 25.6 Å². The number of halogens is 1. The first-order valence-electron chi connectivity index (χ1n) is 14.3. The van der Waals surface area contributed by atoms with Gasteiger partial charge in [-0.25, -0.2) is 4.79 Å². The summed E-state index contributed by atoms with van der Waals surface area (Å²) in [5.74, 6) is 1.86. The first kappa shape index (κ1) is 30.0. The molecule has 6 rings (SSSR count). The average Bonchev–Trinajstić information content (AvgIpc) is 3.50. The van der Waals surface area contributed by atoms with Gasteiger partial charge in [0.25, 0.3) is 5.56 Å². The molecule has 0 aliphatic carbocycles. The normalized spacial score (nSPS) is 14.2. The van der Waals surface area contributed by atoms with Crippen LogP contribution in [0, 0.1) is 6.92 Å². The molecule has 0 fully saturated rings. The zero-order valence-corrected chi connectivity index (χ0v) is 26.6. The standard InChI is InChI=1S/C35H31BrN4O5/c1-23-4-10-26(11-5-23)32-37-45-34(27-12-14-28(36)15-13-27)40(32)31-22-38(20-24-6-16-29(43-2)17-7-24)35(42)39(33(31)41)21-25-8-18-30(44-3)19-9-25/h4-19,22,34H,20-21H2,1-3H3. The molecule has 45 heavy (non-hydrogen) atoms. The van der Waals surface area contributed by atoms with Crippen LogP contribution in [0.1, 0.15) is 34.0 Å². The maximum absolute atomic E-state index is 14.4. The van der Waals surface area contributed by atoms with Crippen LogP contribution in [0.3, 0.4) is 0 Å². The Hall–Kier alpha value is -5.09. The van der Waals surface area contributed by atoms with Crippen LogP contribution >= 0.6 is 15.9 Å². The Morgan fingerprint density at radius 1 is 0.778 bits per heavy atom. The topological polar surface area (TPSA) is 87.3 Å². The van der Waals surface area contributed by atoms with Gasteiger partial charge in [-0.05, 0) is 54.4 Å². The van der Waals surface area contributed by atoms with E-state index in [1.807, 2.05) is 91.9 Å². The summed E-state index contributed by atoms with van der Waals surface area (Å²) in [6, 6.07) is 30.3. The first-order valence-corrected chi connectivity index (χ1v) is 15.1. The lowest BCUT2D eigenvalue weighted by Gasteiger charge is -2.26. The number of aromatic nitrogens is 2. The van der Waals surface area contributed by atoms with E-state index in [4.69, 9.17) is 14.3 Å². The molecule has 1 aliphatic heterocycles. The van der Waals surface area contributed by atoms with Gasteiger partial charge in [-0.3, -0.25) is 18.8 Å². The van der Waals surface area contributed by atoms with Crippen LogP contribution in [0.4, 0.5) is 5.69 Å². The Labute approximate surface area is 268 Å². The Kier molecular flexibility index (Phi) is 8.57. The van der Waals surface area contributed by atoms with Gasteiger partial charge in [0.15, 0.2) is 5.84 Å². The van der Waals surface area contributed by atoms with Crippen molar-refractivity contribution >= 4 is 27.5 Å². The second-order valence-corrected chi connectivity index (χ2v) is 11.6. The van der Waals surface area contributed by atoms with Gasteiger partial charge in [-0.2, -0.15) is 0 Å². The van der Waals surface area contributed by atoms with Crippen LogP contribution in [0.2, 0.25) is 0 Å². The van der Waals surface area contributed by atoms with Gasteiger partial charge in [-0.15, -0.1) is 0 Å². The van der Waals surface area contributed by atoms with E-state index in [9.17, 15) is 9.59 Å². The Bertz CT molecular complexity index is 1950. The SMILES string of the molecule is COc1ccc(Cn2cc(N3C(c4ccc(C)cc4)=NOC3c3ccc(Br)cc3)c(=O)n(Cc3ccc(OC)cc3)c2=O)cc1. The van der Waals surface area contributed by atoms with Crippen molar-refractivity contribution in [2.24, 2.45) is 5.16 Å². The number of hydrogen-bond acceptors (Lipinski definition) is 7. The Balaban J connectivity index is 1.52. The lowest BCUT2D eigenvalue weighted by molar-refractivity contribution is 0.0865. The zero-order valence-electron chi connectivity index (χ0n) is 25.0. The summed E-state index contributed by atoms with van der Waals surface area (Å²) in [7, 11) is 3.20. The fourth-order valence-corrected chi connectivity index (χ4v) is 5.44. The summed E-state index contributed by atoms with van der Waals surface area (Å²) in [6.07, 6.45) is 0.854. The van der Waals surface area contributed by atoms with Crippen LogP contribution in [-0.2, 0) is 17.9 Å². The van der Waals surface area contributed by atoms with Crippen molar-refractivity contribution in [1.29, 1.82) is 0 Å². The van der Waals surface area contributed by atoms with Crippen molar-refractivity contribution in [1.82, 2.24) is 9.13 Å². The van der Waals surface area contributed by atoms with Crippen LogP contribution in [0.25, 0.3) is 0 Å². The smallest absolute Gasteiger partial charge is 0.331 e. The molecular formula is C35H31BrN4O5. The van der Waals surface area contributed by atoms with E-state index in [1.54, 1.807) is 42.0 Å². The summed E-state index contributed by atoms with van der Waals surface area (Å²) in [5, 5.41) is 4.47. The van der Waals surface area contributed by atoms with Crippen LogP contribution in [0.15, 0.2) is 122 Å². The predicted molar refractivity (Wildman–Crippen MR) is 177 cm³/mol. The fourth-order valence-electron chi connectivity index (χ4n) is 5.17. The molecule has 1 aliphatic rings. The van der Waals surface area contributed by atoms with E-state index in [0.29, 0.717) is 17.3 Å². The average molecular weight is 668 g/mol. The fraction of sp³-hybridized carbons (Fsp3) is 0.171. The number of oxime groups is 1. The van der Waals surface area contributed by atoms with Gasteiger partial charge in [0.05, 0.1) is 27.3 Å². The number of rotatable bonds is 9. The summed E-state index contributed by atoms with van der Waals surface area (Å²) in [6.45, 7) is 2.30. The highest BCUT2D eigenvalue weighted by Crippen LogP contribution is 2.34. The largest absolute Gasteiger partial charge is 0.497 e. The number of amidine groups is 1.